The zero-order valence-electron chi connectivity index (χ0n) is 20.6. The van der Waals surface area contributed by atoms with E-state index in [1.807, 2.05) is 18.2 Å². The summed E-state index contributed by atoms with van der Waals surface area (Å²) < 4.78 is 0. The number of aromatic hydroxyl groups is 1. The van der Waals surface area contributed by atoms with Crippen molar-refractivity contribution in [1.82, 2.24) is 25.3 Å². The standard InChI is InChI=1S/C26H39N7O/c1-19-18-28-26-24(17-23(29-30-26)22-5-3-4-6-25(22)34)33(19)16-15-31(2)20-9-13-32(14-10-20)21-7-11-27-12-8-21/h3-6,17,19-21,27,34H,7-16,18H2,1-2H3,(H,28,30)/t19-/m1/s1. The van der Waals surface area contributed by atoms with Crippen LogP contribution in [0.1, 0.15) is 32.6 Å². The van der Waals surface area contributed by atoms with Gasteiger partial charge in [0.15, 0.2) is 5.82 Å². The van der Waals surface area contributed by atoms with Crippen LogP contribution < -0.4 is 15.5 Å². The topological polar surface area (TPSA) is 79.8 Å². The normalized spacial score (nSPS) is 22.6. The van der Waals surface area contributed by atoms with Gasteiger partial charge in [-0.15, -0.1) is 10.2 Å². The fraction of sp³-hybridized carbons (Fsp3) is 0.615. The number of fused-ring (bicyclic) bond motifs is 1. The van der Waals surface area contributed by atoms with E-state index in [2.05, 4.69) is 55.6 Å². The number of likely N-dealkylation sites (tertiary alicyclic amines) is 1. The minimum atomic E-state index is 0.232. The van der Waals surface area contributed by atoms with Gasteiger partial charge in [-0.2, -0.15) is 0 Å². The Morgan fingerprint density at radius 3 is 2.62 bits per heavy atom. The molecule has 3 aliphatic heterocycles. The van der Waals surface area contributed by atoms with Gasteiger partial charge >= 0.3 is 0 Å². The van der Waals surface area contributed by atoms with Crippen molar-refractivity contribution in [3.63, 3.8) is 0 Å². The molecule has 0 aliphatic carbocycles. The van der Waals surface area contributed by atoms with Gasteiger partial charge in [0.1, 0.15) is 5.75 Å². The summed E-state index contributed by atoms with van der Waals surface area (Å²) in [6.45, 7) is 9.89. The zero-order valence-corrected chi connectivity index (χ0v) is 20.6. The lowest BCUT2D eigenvalue weighted by Gasteiger charge is -2.43. The molecular weight excluding hydrogens is 426 g/mol. The molecule has 0 radical (unpaired) electrons. The van der Waals surface area contributed by atoms with E-state index in [-0.39, 0.29) is 5.75 Å². The van der Waals surface area contributed by atoms with Crippen molar-refractivity contribution in [3.05, 3.63) is 30.3 Å². The first-order valence-electron chi connectivity index (χ1n) is 12.9. The number of phenolic OH excluding ortho intramolecular Hbond substituents is 1. The number of nitrogens with zero attached hydrogens (tertiary/aromatic N) is 5. The van der Waals surface area contributed by atoms with Gasteiger partial charge in [0.25, 0.3) is 0 Å². The molecule has 0 amide bonds. The second-order valence-corrected chi connectivity index (χ2v) is 10.1. The molecule has 1 atom stereocenters. The van der Waals surface area contributed by atoms with Gasteiger partial charge in [-0.25, -0.2) is 0 Å². The fourth-order valence-corrected chi connectivity index (χ4v) is 5.79. The maximum atomic E-state index is 10.3. The van der Waals surface area contributed by atoms with E-state index < -0.39 is 0 Å². The molecule has 34 heavy (non-hydrogen) atoms. The Hall–Kier alpha value is -2.42. The van der Waals surface area contributed by atoms with E-state index in [1.54, 1.807) is 6.07 Å². The van der Waals surface area contributed by atoms with Crippen LogP contribution in [0, 0.1) is 0 Å². The molecule has 2 aromatic rings. The number of hydrogen-bond donors (Lipinski definition) is 3. The van der Waals surface area contributed by atoms with E-state index in [0.717, 1.165) is 37.2 Å². The first-order chi connectivity index (χ1) is 16.6. The van der Waals surface area contributed by atoms with Crippen LogP contribution in [-0.4, -0.2) is 96.1 Å². The summed E-state index contributed by atoms with van der Waals surface area (Å²) in [6.07, 6.45) is 5.12. The summed E-state index contributed by atoms with van der Waals surface area (Å²) in [5.41, 5.74) is 2.49. The fourth-order valence-electron chi connectivity index (χ4n) is 5.79. The molecule has 0 unspecified atom stereocenters. The van der Waals surface area contributed by atoms with E-state index in [4.69, 9.17) is 0 Å². The molecule has 3 aliphatic rings. The van der Waals surface area contributed by atoms with Gasteiger partial charge in [-0.3, -0.25) is 0 Å². The van der Waals surface area contributed by atoms with Gasteiger partial charge in [-0.05, 0) is 84.0 Å². The molecule has 0 bridgehead atoms. The van der Waals surface area contributed by atoms with Crippen LogP contribution in [0.3, 0.4) is 0 Å². The van der Waals surface area contributed by atoms with Crippen molar-refractivity contribution in [2.75, 3.05) is 63.1 Å². The zero-order chi connectivity index (χ0) is 23.5. The Kier molecular flexibility index (Phi) is 7.18. The third-order valence-corrected chi connectivity index (χ3v) is 8.00. The second kappa shape index (κ2) is 10.5. The largest absolute Gasteiger partial charge is 0.507 e. The van der Waals surface area contributed by atoms with Crippen molar-refractivity contribution < 1.29 is 5.11 Å². The Morgan fingerprint density at radius 2 is 1.85 bits per heavy atom. The number of aromatic nitrogens is 2. The van der Waals surface area contributed by atoms with Crippen LogP contribution in [0.4, 0.5) is 11.5 Å². The van der Waals surface area contributed by atoms with Crippen molar-refractivity contribution in [3.8, 4) is 17.0 Å². The number of benzene rings is 1. The van der Waals surface area contributed by atoms with Crippen LogP contribution in [-0.2, 0) is 0 Å². The maximum Gasteiger partial charge on any atom is 0.172 e. The van der Waals surface area contributed by atoms with Crippen LogP contribution in [0.2, 0.25) is 0 Å². The average molecular weight is 466 g/mol. The van der Waals surface area contributed by atoms with E-state index >= 15 is 0 Å². The molecule has 3 N–H and O–H groups in total. The predicted octanol–water partition coefficient (Wildman–Crippen LogP) is 2.62. The number of para-hydroxylation sites is 1. The number of nitrogens with one attached hydrogen (secondary N) is 2. The number of hydrogen-bond acceptors (Lipinski definition) is 8. The minimum absolute atomic E-state index is 0.232. The molecular formula is C26H39N7O. The molecule has 8 heteroatoms. The Balaban J connectivity index is 1.22. The summed E-state index contributed by atoms with van der Waals surface area (Å²) in [4.78, 5) is 7.75. The average Bonchev–Trinajstić information content (AvgIpc) is 2.88. The highest BCUT2D eigenvalue weighted by molar-refractivity contribution is 5.76. The van der Waals surface area contributed by atoms with Crippen molar-refractivity contribution in [2.45, 2.75) is 50.7 Å². The molecule has 2 saturated heterocycles. The van der Waals surface area contributed by atoms with Crippen LogP contribution >= 0.6 is 0 Å². The molecule has 1 aromatic heterocycles. The summed E-state index contributed by atoms with van der Waals surface area (Å²) >= 11 is 0. The number of phenols is 1. The Morgan fingerprint density at radius 1 is 1.09 bits per heavy atom. The molecule has 5 rings (SSSR count). The molecule has 1 aromatic carbocycles. The van der Waals surface area contributed by atoms with Gasteiger partial charge < -0.3 is 30.4 Å². The van der Waals surface area contributed by atoms with Crippen LogP contribution in [0.25, 0.3) is 11.3 Å². The highest BCUT2D eigenvalue weighted by Crippen LogP contribution is 2.35. The van der Waals surface area contributed by atoms with Crippen LogP contribution in [0.15, 0.2) is 30.3 Å². The highest BCUT2D eigenvalue weighted by Gasteiger charge is 2.29. The van der Waals surface area contributed by atoms with Crippen molar-refractivity contribution in [2.24, 2.45) is 0 Å². The molecule has 2 fully saturated rings. The lowest BCUT2D eigenvalue weighted by Crippen LogP contribution is -2.51. The molecule has 184 valence electrons. The summed E-state index contributed by atoms with van der Waals surface area (Å²) in [5, 5.41) is 26.0. The van der Waals surface area contributed by atoms with Gasteiger partial charge in [0.05, 0.1) is 11.4 Å². The summed E-state index contributed by atoms with van der Waals surface area (Å²) in [6, 6.07) is 11.2. The van der Waals surface area contributed by atoms with Gasteiger partial charge in [-0.1, -0.05) is 12.1 Å². The number of likely N-dealkylation sites (N-methyl/N-ethyl adjacent to an activating group) is 1. The number of anilines is 2. The predicted molar refractivity (Wildman–Crippen MR) is 138 cm³/mol. The molecule has 8 nitrogen and oxygen atoms in total. The molecule has 0 spiro atoms. The second-order valence-electron chi connectivity index (χ2n) is 10.1. The first kappa shape index (κ1) is 23.3. The van der Waals surface area contributed by atoms with E-state index in [0.29, 0.717) is 23.3 Å². The first-order valence-corrected chi connectivity index (χ1v) is 12.9. The third-order valence-electron chi connectivity index (χ3n) is 8.00. The number of rotatable bonds is 6. The molecule has 0 saturated carbocycles. The molecule has 4 heterocycles. The Bertz CT molecular complexity index is 956. The summed E-state index contributed by atoms with van der Waals surface area (Å²) in [7, 11) is 2.29. The smallest absolute Gasteiger partial charge is 0.172 e. The Labute approximate surface area is 203 Å². The maximum absolute atomic E-state index is 10.3. The van der Waals surface area contributed by atoms with Crippen LogP contribution in [0.5, 0.6) is 5.75 Å². The lowest BCUT2D eigenvalue weighted by molar-refractivity contribution is 0.0847. The van der Waals surface area contributed by atoms with Crippen molar-refractivity contribution >= 4 is 11.5 Å². The van der Waals surface area contributed by atoms with Gasteiger partial charge in [0, 0.05) is 43.3 Å². The quantitative estimate of drug-likeness (QED) is 0.601. The monoisotopic (exact) mass is 465 g/mol. The van der Waals surface area contributed by atoms with Crippen molar-refractivity contribution in [1.29, 1.82) is 0 Å². The summed E-state index contributed by atoms with van der Waals surface area (Å²) in [5.74, 6) is 1.06. The minimum Gasteiger partial charge on any atom is -0.507 e. The van der Waals surface area contributed by atoms with E-state index in [1.165, 1.54) is 51.9 Å². The lowest BCUT2D eigenvalue weighted by atomic mass is 9.98. The van der Waals surface area contributed by atoms with Gasteiger partial charge in [0.2, 0.25) is 0 Å². The third kappa shape index (κ3) is 4.99. The SMILES string of the molecule is C[C@@H]1CNc2nnc(-c3ccccc3O)cc2N1CCN(C)C1CCN(C2CCNCC2)CC1. The number of piperidine rings is 2. The van der Waals surface area contributed by atoms with E-state index in [9.17, 15) is 5.11 Å². The highest BCUT2D eigenvalue weighted by atomic mass is 16.3.